The first-order valence-corrected chi connectivity index (χ1v) is 14.7. The van der Waals surface area contributed by atoms with Gasteiger partial charge in [-0.3, -0.25) is 9.98 Å². The van der Waals surface area contributed by atoms with E-state index in [0.717, 1.165) is 58.2 Å². The molecule has 0 aromatic rings. The highest BCUT2D eigenvalue weighted by Crippen LogP contribution is 2.13. The number of carboxylic acids is 1. The minimum Gasteiger partial charge on any atom is -0.478 e. The van der Waals surface area contributed by atoms with Gasteiger partial charge in [-0.25, -0.2) is 4.79 Å². The zero-order valence-corrected chi connectivity index (χ0v) is 23.9. The fraction of sp³-hybridized carbons (Fsp3) is 0.828. The van der Waals surface area contributed by atoms with Gasteiger partial charge in [-0.1, -0.05) is 84.6 Å². The number of hydrogen-bond acceptors (Lipinski definition) is 7. The average molecular weight is 525 g/mol. The van der Waals surface area contributed by atoms with Crippen LogP contribution in [0.4, 0.5) is 0 Å². The van der Waals surface area contributed by atoms with E-state index in [1.807, 2.05) is 0 Å². The Morgan fingerprint density at radius 2 is 1.11 bits per heavy atom. The van der Waals surface area contributed by atoms with Crippen LogP contribution < -0.4 is 0 Å². The number of carboxylic acid groups (broad SMARTS) is 1. The van der Waals surface area contributed by atoms with Crippen LogP contribution in [0.2, 0.25) is 0 Å². The van der Waals surface area contributed by atoms with Gasteiger partial charge < -0.3 is 25.1 Å². The van der Waals surface area contributed by atoms with Crippen molar-refractivity contribution in [1.82, 2.24) is 9.80 Å². The number of nitrogens with zero attached hydrogens (tertiary/aromatic N) is 4. The maximum atomic E-state index is 9.25. The number of aliphatic imine (C=N–C) groups is 2. The van der Waals surface area contributed by atoms with Crippen molar-refractivity contribution >= 4 is 17.6 Å². The molecule has 2 aliphatic heterocycles. The smallest absolute Gasteiger partial charge is 0.327 e. The average Bonchev–Trinajstić information content (AvgIpc) is 3.54. The molecule has 216 valence electrons. The lowest BCUT2D eigenvalue weighted by atomic mass is 10.1. The minimum atomic E-state index is -0.981. The van der Waals surface area contributed by atoms with Crippen LogP contribution in [0.1, 0.15) is 104 Å². The number of rotatable bonds is 19. The molecule has 0 aliphatic carbocycles. The van der Waals surface area contributed by atoms with Crippen LogP contribution in [0.3, 0.4) is 0 Å². The van der Waals surface area contributed by atoms with Crippen LogP contribution in [0.25, 0.3) is 0 Å². The monoisotopic (exact) mass is 524 g/mol. The van der Waals surface area contributed by atoms with Gasteiger partial charge in [0.2, 0.25) is 0 Å². The molecule has 0 amide bonds. The van der Waals surface area contributed by atoms with E-state index in [1.54, 1.807) is 0 Å². The van der Waals surface area contributed by atoms with Crippen LogP contribution in [-0.2, 0) is 4.79 Å². The zero-order valence-electron chi connectivity index (χ0n) is 23.9. The van der Waals surface area contributed by atoms with E-state index in [0.29, 0.717) is 0 Å². The summed E-state index contributed by atoms with van der Waals surface area (Å²) >= 11 is 0. The molecular weight excluding hydrogens is 468 g/mol. The summed E-state index contributed by atoms with van der Waals surface area (Å²) in [6.45, 7) is 13.3. The first kappa shape index (κ1) is 35.1. The first-order chi connectivity index (χ1) is 18.0. The molecule has 2 aliphatic rings. The molecule has 37 heavy (non-hydrogen) atoms. The number of carbonyl (C=O) groups is 1. The van der Waals surface area contributed by atoms with E-state index in [1.165, 1.54) is 88.7 Å². The first-order valence-electron chi connectivity index (χ1n) is 14.7. The van der Waals surface area contributed by atoms with E-state index >= 15 is 0 Å². The number of aliphatic hydroxyl groups is 2. The highest BCUT2D eigenvalue weighted by Gasteiger charge is 2.15. The zero-order chi connectivity index (χ0) is 27.6. The van der Waals surface area contributed by atoms with Gasteiger partial charge in [-0.05, 0) is 12.8 Å². The summed E-state index contributed by atoms with van der Waals surface area (Å²) in [7, 11) is 0. The molecule has 8 heteroatoms. The van der Waals surface area contributed by atoms with Gasteiger partial charge in [0.25, 0.3) is 0 Å². The number of unbranched alkanes of at least 4 members (excludes halogenated alkanes) is 10. The van der Waals surface area contributed by atoms with Gasteiger partial charge in [0.1, 0.15) is 0 Å². The van der Waals surface area contributed by atoms with E-state index in [9.17, 15) is 4.79 Å². The summed E-state index contributed by atoms with van der Waals surface area (Å²) in [4.78, 5) is 22.7. The van der Waals surface area contributed by atoms with Crippen molar-refractivity contribution in [2.75, 3.05) is 52.5 Å². The Bertz CT molecular complexity index is 625. The van der Waals surface area contributed by atoms with Gasteiger partial charge in [0.05, 0.1) is 38.0 Å². The summed E-state index contributed by atoms with van der Waals surface area (Å²) in [5.41, 5.74) is 0. The SMILES string of the molecule is C=CC(=O)O.CCCCCCCC1=NCCN1CCO.CCCCCCCCCC1=NCCN1CCO. The number of hydrogen-bond donors (Lipinski definition) is 3. The van der Waals surface area contributed by atoms with Crippen LogP contribution in [0.15, 0.2) is 22.6 Å². The maximum absolute atomic E-state index is 9.25. The Labute approximate surface area is 226 Å². The molecule has 0 fully saturated rings. The van der Waals surface area contributed by atoms with Crippen LogP contribution in [0, 0.1) is 0 Å². The second-order valence-electron chi connectivity index (χ2n) is 9.60. The lowest BCUT2D eigenvalue weighted by Crippen LogP contribution is -2.30. The standard InChI is InChI=1S/C14H28N2O.C12H24N2O.C3H4O2/c1-2-3-4-5-6-7-8-9-14-15-10-11-16(14)12-13-17;1-2-3-4-5-6-7-12-13-8-9-14(12)10-11-15;1-2-3(4)5/h17H,2-13H2,1H3;15H,2-11H2,1H3;2H,1H2,(H,4,5). The Hall–Kier alpha value is -1.93. The van der Waals surface area contributed by atoms with Crippen LogP contribution >= 0.6 is 0 Å². The number of β-amino-alcohol motifs (C(OH)–C–C–N with tert-alkyl or cyclic N) is 2. The normalized spacial score (nSPS) is 14.4. The lowest BCUT2D eigenvalue weighted by Gasteiger charge is -2.18. The van der Waals surface area contributed by atoms with Crippen molar-refractivity contribution < 1.29 is 20.1 Å². The molecule has 0 aromatic heterocycles. The van der Waals surface area contributed by atoms with Gasteiger partial charge in [-0.2, -0.15) is 0 Å². The topological polar surface area (TPSA) is 109 Å². The Balaban J connectivity index is 0.000000596. The van der Waals surface area contributed by atoms with Gasteiger partial charge in [0.15, 0.2) is 0 Å². The Morgan fingerprint density at radius 1 is 0.757 bits per heavy atom. The highest BCUT2D eigenvalue weighted by molar-refractivity contribution is 5.84. The molecule has 2 rings (SSSR count). The third kappa shape index (κ3) is 19.8. The molecule has 3 N–H and O–H groups in total. The van der Waals surface area contributed by atoms with Crippen molar-refractivity contribution in [3.63, 3.8) is 0 Å². The van der Waals surface area contributed by atoms with Gasteiger partial charge >= 0.3 is 5.97 Å². The molecule has 8 nitrogen and oxygen atoms in total. The molecule has 2 heterocycles. The lowest BCUT2D eigenvalue weighted by molar-refractivity contribution is -0.131. The quantitative estimate of drug-likeness (QED) is 0.159. The van der Waals surface area contributed by atoms with Gasteiger partial charge in [-0.15, -0.1) is 0 Å². The van der Waals surface area contributed by atoms with Crippen LogP contribution in [0.5, 0.6) is 0 Å². The summed E-state index contributed by atoms with van der Waals surface area (Å²) in [6, 6.07) is 0. The largest absolute Gasteiger partial charge is 0.478 e. The van der Waals surface area contributed by atoms with E-state index in [4.69, 9.17) is 15.3 Å². The highest BCUT2D eigenvalue weighted by atomic mass is 16.4. The predicted octanol–water partition coefficient (Wildman–Crippen LogP) is 5.14. The third-order valence-corrected chi connectivity index (χ3v) is 6.48. The van der Waals surface area contributed by atoms with Crippen molar-refractivity contribution in [3.05, 3.63) is 12.7 Å². The fourth-order valence-electron chi connectivity index (χ4n) is 4.38. The van der Waals surface area contributed by atoms with Crippen molar-refractivity contribution in [1.29, 1.82) is 0 Å². The van der Waals surface area contributed by atoms with E-state index in [2.05, 4.69) is 40.2 Å². The summed E-state index contributed by atoms with van der Waals surface area (Å²) in [5, 5.41) is 25.4. The summed E-state index contributed by atoms with van der Waals surface area (Å²) in [6.07, 6.45) is 19.1. The fourth-order valence-corrected chi connectivity index (χ4v) is 4.38. The molecule has 0 saturated heterocycles. The molecule has 0 aromatic carbocycles. The summed E-state index contributed by atoms with van der Waals surface area (Å²) < 4.78 is 0. The number of aliphatic carboxylic acids is 1. The molecule has 0 atom stereocenters. The molecular formula is C29H56N4O4. The van der Waals surface area contributed by atoms with E-state index in [-0.39, 0.29) is 13.2 Å². The van der Waals surface area contributed by atoms with Crippen molar-refractivity contribution in [2.24, 2.45) is 9.98 Å². The van der Waals surface area contributed by atoms with Crippen LogP contribution in [-0.4, -0.2) is 95.2 Å². The molecule has 0 radical (unpaired) electrons. The van der Waals surface area contributed by atoms with Crippen molar-refractivity contribution in [2.45, 2.75) is 104 Å². The second-order valence-corrected chi connectivity index (χ2v) is 9.60. The second kappa shape index (κ2) is 25.7. The maximum Gasteiger partial charge on any atom is 0.327 e. The molecule has 0 spiro atoms. The molecule has 0 bridgehead atoms. The molecule has 0 saturated carbocycles. The Morgan fingerprint density at radius 3 is 1.43 bits per heavy atom. The summed E-state index contributed by atoms with van der Waals surface area (Å²) in [5.74, 6) is 1.47. The molecule has 0 unspecified atom stereocenters. The van der Waals surface area contributed by atoms with E-state index < -0.39 is 5.97 Å². The predicted molar refractivity (Wildman–Crippen MR) is 156 cm³/mol. The van der Waals surface area contributed by atoms with Gasteiger partial charge in [0, 0.05) is 45.1 Å². The van der Waals surface area contributed by atoms with Crippen molar-refractivity contribution in [3.8, 4) is 0 Å². The Kier molecular flexibility index (Phi) is 24.4. The third-order valence-electron chi connectivity index (χ3n) is 6.48. The minimum absolute atomic E-state index is 0.245. The number of amidine groups is 2. The number of aliphatic hydroxyl groups excluding tert-OH is 2.